The van der Waals surface area contributed by atoms with Crippen molar-refractivity contribution >= 4 is 44.5 Å². The highest BCUT2D eigenvalue weighted by atomic mass is 79.9. The van der Waals surface area contributed by atoms with Crippen LogP contribution in [0, 0.1) is 11.8 Å². The third-order valence-electron chi connectivity index (χ3n) is 2.52. The largest absolute Gasteiger partial charge is 0.384 e. The molecular formula is C14H12BrNO2S2. The Morgan fingerprint density at radius 2 is 2.20 bits per heavy atom. The molecule has 1 N–H and O–H groups in total. The van der Waals surface area contributed by atoms with Crippen LogP contribution in [0.5, 0.6) is 0 Å². The van der Waals surface area contributed by atoms with Gasteiger partial charge in [-0.2, -0.15) is 0 Å². The lowest BCUT2D eigenvalue weighted by Crippen LogP contribution is -2.25. The predicted octanol–water partition coefficient (Wildman–Crippen LogP) is 3.19. The van der Waals surface area contributed by atoms with Crippen LogP contribution in [0.1, 0.15) is 20.8 Å². The number of hydrogen-bond donors (Lipinski definition) is 1. The number of thiophene rings is 2. The van der Waals surface area contributed by atoms with E-state index in [1.165, 1.54) is 11.3 Å². The number of hydrogen-bond acceptors (Lipinski definition) is 4. The number of carbonyl (C=O) groups excluding carboxylic acids is 1. The summed E-state index contributed by atoms with van der Waals surface area (Å²) < 4.78 is 0.951. The van der Waals surface area contributed by atoms with E-state index in [0.29, 0.717) is 12.1 Å². The number of aliphatic hydroxyl groups is 1. The number of aliphatic hydroxyl groups excluding tert-OH is 1. The van der Waals surface area contributed by atoms with Gasteiger partial charge in [-0.3, -0.25) is 4.79 Å². The number of rotatable bonds is 3. The van der Waals surface area contributed by atoms with E-state index in [1.807, 2.05) is 22.9 Å². The molecule has 0 aliphatic rings. The monoisotopic (exact) mass is 369 g/mol. The molecule has 0 radical (unpaired) electrons. The summed E-state index contributed by atoms with van der Waals surface area (Å²) in [4.78, 5) is 14.9. The van der Waals surface area contributed by atoms with Gasteiger partial charge in [-0.25, -0.2) is 0 Å². The highest BCUT2D eigenvalue weighted by Gasteiger charge is 2.14. The second-order valence-electron chi connectivity index (χ2n) is 4.06. The van der Waals surface area contributed by atoms with E-state index in [9.17, 15) is 4.79 Å². The molecule has 3 nitrogen and oxygen atoms in total. The van der Waals surface area contributed by atoms with Crippen LogP contribution in [-0.2, 0) is 6.54 Å². The Kier molecular flexibility index (Phi) is 5.38. The Morgan fingerprint density at radius 1 is 1.40 bits per heavy atom. The minimum atomic E-state index is -0.142. The summed E-state index contributed by atoms with van der Waals surface area (Å²) in [6.07, 6.45) is 0. The standard InChI is InChI=1S/C14H12BrNO2S2/c1-16(14(18)11-6-13(15)20-9-11)7-12-5-10(8-19-12)3-2-4-17/h5-6,8-9,17H,4,7H2,1H3. The van der Waals surface area contributed by atoms with E-state index in [4.69, 9.17) is 5.11 Å². The topological polar surface area (TPSA) is 40.5 Å². The zero-order valence-corrected chi connectivity index (χ0v) is 13.9. The van der Waals surface area contributed by atoms with Gasteiger partial charge in [-0.15, -0.1) is 22.7 Å². The molecule has 0 bridgehead atoms. The molecule has 0 unspecified atom stereocenters. The maximum atomic E-state index is 12.2. The quantitative estimate of drug-likeness (QED) is 0.844. The molecular weight excluding hydrogens is 358 g/mol. The lowest BCUT2D eigenvalue weighted by molar-refractivity contribution is 0.0787. The molecule has 0 atom stereocenters. The van der Waals surface area contributed by atoms with Gasteiger partial charge in [0.05, 0.1) is 15.9 Å². The molecule has 2 aromatic rings. The van der Waals surface area contributed by atoms with Crippen LogP contribution in [-0.4, -0.2) is 29.6 Å². The average Bonchev–Trinajstić information content (AvgIpc) is 3.04. The van der Waals surface area contributed by atoms with Crippen molar-refractivity contribution in [1.29, 1.82) is 0 Å². The van der Waals surface area contributed by atoms with Crippen molar-refractivity contribution < 1.29 is 9.90 Å². The van der Waals surface area contributed by atoms with Gasteiger partial charge in [0.25, 0.3) is 5.91 Å². The van der Waals surface area contributed by atoms with Gasteiger partial charge in [0.15, 0.2) is 0 Å². The molecule has 2 heterocycles. The van der Waals surface area contributed by atoms with Crippen LogP contribution in [0.25, 0.3) is 0 Å². The zero-order valence-electron chi connectivity index (χ0n) is 10.7. The molecule has 0 spiro atoms. The van der Waals surface area contributed by atoms with Crippen LogP contribution in [0.2, 0.25) is 0 Å². The molecule has 0 saturated heterocycles. The summed E-state index contributed by atoms with van der Waals surface area (Å²) in [6.45, 7) is 0.411. The Bertz CT molecular complexity index is 666. The minimum Gasteiger partial charge on any atom is -0.384 e. The van der Waals surface area contributed by atoms with Gasteiger partial charge >= 0.3 is 0 Å². The molecule has 0 aliphatic carbocycles. The molecule has 0 saturated carbocycles. The summed E-state index contributed by atoms with van der Waals surface area (Å²) in [5.74, 6) is 5.47. The fraction of sp³-hybridized carbons (Fsp3) is 0.214. The van der Waals surface area contributed by atoms with Crippen molar-refractivity contribution in [2.24, 2.45) is 0 Å². The van der Waals surface area contributed by atoms with E-state index in [2.05, 4.69) is 27.8 Å². The second-order valence-corrected chi connectivity index (χ2v) is 7.35. The fourth-order valence-electron chi connectivity index (χ4n) is 1.62. The van der Waals surface area contributed by atoms with E-state index < -0.39 is 0 Å². The van der Waals surface area contributed by atoms with Gasteiger partial charge in [-0.1, -0.05) is 11.8 Å². The van der Waals surface area contributed by atoms with Crippen LogP contribution >= 0.6 is 38.6 Å². The van der Waals surface area contributed by atoms with Gasteiger partial charge in [0.1, 0.15) is 6.61 Å². The normalized spacial score (nSPS) is 9.95. The number of carbonyl (C=O) groups is 1. The second kappa shape index (κ2) is 7.04. The zero-order chi connectivity index (χ0) is 14.5. The molecule has 104 valence electrons. The average molecular weight is 370 g/mol. The third kappa shape index (κ3) is 3.93. The van der Waals surface area contributed by atoms with E-state index in [0.717, 1.165) is 14.2 Å². The minimum absolute atomic E-state index is 0.00309. The van der Waals surface area contributed by atoms with Gasteiger partial charge in [0, 0.05) is 28.2 Å². The number of amides is 1. The first-order chi connectivity index (χ1) is 9.60. The molecule has 0 fully saturated rings. The SMILES string of the molecule is CN(Cc1cc(C#CCO)cs1)C(=O)c1csc(Br)c1. The lowest BCUT2D eigenvalue weighted by Gasteiger charge is -2.15. The molecule has 1 amide bonds. The first kappa shape index (κ1) is 15.3. The van der Waals surface area contributed by atoms with Crippen molar-refractivity contribution in [3.05, 3.63) is 42.7 Å². The highest BCUT2D eigenvalue weighted by Crippen LogP contribution is 2.22. The van der Waals surface area contributed by atoms with Crippen molar-refractivity contribution in [3.8, 4) is 11.8 Å². The van der Waals surface area contributed by atoms with Gasteiger partial charge < -0.3 is 10.0 Å². The van der Waals surface area contributed by atoms with Crippen molar-refractivity contribution in [3.63, 3.8) is 0 Å². The molecule has 2 rings (SSSR count). The van der Waals surface area contributed by atoms with Gasteiger partial charge in [-0.05, 0) is 28.1 Å². The molecule has 0 aliphatic heterocycles. The summed E-state index contributed by atoms with van der Waals surface area (Å²) in [5.41, 5.74) is 1.57. The molecule has 2 aromatic heterocycles. The van der Waals surface area contributed by atoms with Crippen LogP contribution in [0.4, 0.5) is 0 Å². The van der Waals surface area contributed by atoms with Crippen molar-refractivity contribution in [2.75, 3.05) is 13.7 Å². The van der Waals surface area contributed by atoms with E-state index in [-0.39, 0.29) is 12.5 Å². The lowest BCUT2D eigenvalue weighted by atomic mass is 10.2. The summed E-state index contributed by atoms with van der Waals surface area (Å²) >= 11 is 6.42. The van der Waals surface area contributed by atoms with Crippen LogP contribution in [0.3, 0.4) is 0 Å². The smallest absolute Gasteiger partial charge is 0.254 e. The Labute approximate surface area is 134 Å². The highest BCUT2D eigenvalue weighted by molar-refractivity contribution is 9.11. The summed E-state index contributed by atoms with van der Waals surface area (Å²) in [5, 5.41) is 12.4. The fourth-order valence-corrected chi connectivity index (χ4v) is 3.62. The van der Waals surface area contributed by atoms with Crippen molar-refractivity contribution in [1.82, 2.24) is 4.90 Å². The predicted molar refractivity (Wildman–Crippen MR) is 86.1 cm³/mol. The first-order valence-corrected chi connectivity index (χ1v) is 8.32. The Morgan fingerprint density at radius 3 is 2.85 bits per heavy atom. The van der Waals surface area contributed by atoms with Crippen LogP contribution in [0.15, 0.2) is 26.7 Å². The van der Waals surface area contributed by atoms with Crippen LogP contribution < -0.4 is 0 Å². The Balaban J connectivity index is 2.02. The van der Waals surface area contributed by atoms with E-state index >= 15 is 0 Å². The first-order valence-electron chi connectivity index (χ1n) is 5.77. The summed E-state index contributed by atoms with van der Waals surface area (Å²) in [6, 6.07) is 3.77. The van der Waals surface area contributed by atoms with Gasteiger partial charge in [0.2, 0.25) is 0 Å². The van der Waals surface area contributed by atoms with Crippen molar-refractivity contribution in [2.45, 2.75) is 6.54 Å². The third-order valence-corrected chi connectivity index (χ3v) is 4.95. The maximum absolute atomic E-state index is 12.2. The number of nitrogens with zero attached hydrogens (tertiary/aromatic N) is 1. The Hall–Kier alpha value is -1.13. The molecule has 20 heavy (non-hydrogen) atoms. The van der Waals surface area contributed by atoms with E-state index in [1.54, 1.807) is 23.3 Å². The molecule has 0 aromatic carbocycles. The molecule has 6 heteroatoms. The number of halogens is 1. The summed E-state index contributed by atoms with van der Waals surface area (Å²) in [7, 11) is 1.78. The maximum Gasteiger partial charge on any atom is 0.254 e.